The van der Waals surface area contributed by atoms with Gasteiger partial charge in [0.2, 0.25) is 0 Å². The van der Waals surface area contributed by atoms with Crippen molar-refractivity contribution < 1.29 is 22.8 Å². The molecule has 4 rings (SSSR count). The Morgan fingerprint density at radius 1 is 1.17 bits per heavy atom. The molecule has 3 aliphatic rings. The van der Waals surface area contributed by atoms with Crippen molar-refractivity contribution in [2.24, 2.45) is 0 Å². The van der Waals surface area contributed by atoms with Gasteiger partial charge in [-0.05, 0) is 38.3 Å². The summed E-state index contributed by atoms with van der Waals surface area (Å²) in [5, 5.41) is 0. The highest BCUT2D eigenvalue weighted by Crippen LogP contribution is 2.32. The van der Waals surface area contributed by atoms with E-state index in [0.29, 0.717) is 19.6 Å². The molecule has 2 saturated heterocycles. The third-order valence-electron chi connectivity index (χ3n) is 6.21. The highest BCUT2D eigenvalue weighted by atomic mass is 32.2. The molecule has 29 heavy (non-hydrogen) atoms. The first-order chi connectivity index (χ1) is 14.0. The molecule has 1 saturated carbocycles. The van der Waals surface area contributed by atoms with Crippen LogP contribution in [0.1, 0.15) is 26.2 Å². The number of rotatable bonds is 7. The van der Waals surface area contributed by atoms with Gasteiger partial charge in [-0.3, -0.25) is 4.79 Å². The number of piperazine rings is 1. The van der Waals surface area contributed by atoms with Crippen LogP contribution in [0.5, 0.6) is 5.75 Å². The van der Waals surface area contributed by atoms with Crippen molar-refractivity contribution >= 4 is 21.4 Å². The fourth-order valence-corrected chi connectivity index (χ4v) is 6.31. The van der Waals surface area contributed by atoms with Gasteiger partial charge in [-0.2, -0.15) is 0 Å². The number of hydrogen-bond donors (Lipinski definition) is 1. The monoisotopic (exact) mass is 422 g/mol. The predicted octanol–water partition coefficient (Wildman–Crippen LogP) is -0.0317. The third-order valence-corrected chi connectivity index (χ3v) is 7.96. The average Bonchev–Trinajstić information content (AvgIpc) is 3.46. The van der Waals surface area contributed by atoms with Crippen molar-refractivity contribution in [2.45, 2.75) is 38.3 Å². The Kier molecular flexibility index (Phi) is 6.01. The van der Waals surface area contributed by atoms with Gasteiger partial charge in [-0.1, -0.05) is 12.1 Å². The van der Waals surface area contributed by atoms with Gasteiger partial charge in [-0.15, -0.1) is 0 Å². The Balaban J connectivity index is 1.34. The van der Waals surface area contributed by atoms with E-state index in [1.807, 2.05) is 30.0 Å². The number of sulfone groups is 1. The second kappa shape index (κ2) is 8.52. The molecule has 1 aromatic rings. The van der Waals surface area contributed by atoms with E-state index < -0.39 is 9.84 Å². The van der Waals surface area contributed by atoms with E-state index in [-0.39, 0.29) is 29.5 Å². The number of carbonyl (C=O) groups excluding carboxylic acids is 1. The van der Waals surface area contributed by atoms with Crippen LogP contribution in [0, 0.1) is 0 Å². The lowest BCUT2D eigenvalue weighted by atomic mass is 10.2. The summed E-state index contributed by atoms with van der Waals surface area (Å²) >= 11 is 0. The first-order valence-electron chi connectivity index (χ1n) is 10.8. The van der Waals surface area contributed by atoms with Crippen LogP contribution in [0.25, 0.3) is 0 Å². The van der Waals surface area contributed by atoms with Crippen LogP contribution in [-0.2, 0) is 14.6 Å². The van der Waals surface area contributed by atoms with E-state index in [1.165, 1.54) is 4.90 Å². The zero-order valence-electron chi connectivity index (χ0n) is 17.2. The number of nitrogens with one attached hydrogen (secondary N) is 1. The summed E-state index contributed by atoms with van der Waals surface area (Å²) in [7, 11) is -2.98. The molecule has 8 heteroatoms. The quantitative estimate of drug-likeness (QED) is 0.668. The minimum atomic E-state index is -2.98. The normalized spacial score (nSPS) is 24.4. The Labute approximate surface area is 173 Å². The van der Waals surface area contributed by atoms with Gasteiger partial charge in [0, 0.05) is 12.1 Å². The Bertz CT molecular complexity index is 832. The molecule has 0 spiro atoms. The lowest BCUT2D eigenvalue weighted by molar-refractivity contribution is -0.892. The third kappa shape index (κ3) is 4.86. The average molecular weight is 423 g/mol. The van der Waals surface area contributed by atoms with Gasteiger partial charge >= 0.3 is 0 Å². The summed E-state index contributed by atoms with van der Waals surface area (Å²) < 4.78 is 29.5. The summed E-state index contributed by atoms with van der Waals surface area (Å²) in [6.45, 7) is 6.66. The van der Waals surface area contributed by atoms with E-state index in [2.05, 4.69) is 11.0 Å². The topological polar surface area (TPSA) is 71.4 Å². The zero-order chi connectivity index (χ0) is 20.4. The van der Waals surface area contributed by atoms with Crippen molar-refractivity contribution in [2.75, 3.05) is 55.7 Å². The number of nitrogens with zero attached hydrogens (tertiary/aromatic N) is 2. The number of quaternary nitrogens is 1. The number of hydrogen-bond acceptors (Lipinski definition) is 5. The van der Waals surface area contributed by atoms with Gasteiger partial charge in [0.15, 0.2) is 16.4 Å². The number of carbonyl (C=O) groups is 1. The number of anilines is 1. The predicted molar refractivity (Wildman–Crippen MR) is 112 cm³/mol. The van der Waals surface area contributed by atoms with Gasteiger partial charge in [0.25, 0.3) is 5.91 Å². The maximum atomic E-state index is 13.1. The molecule has 7 nitrogen and oxygen atoms in total. The van der Waals surface area contributed by atoms with E-state index in [9.17, 15) is 13.2 Å². The van der Waals surface area contributed by atoms with E-state index in [4.69, 9.17) is 4.74 Å². The lowest BCUT2D eigenvalue weighted by Crippen LogP contribution is -3.16. The maximum absolute atomic E-state index is 13.1. The summed E-state index contributed by atoms with van der Waals surface area (Å²) in [6.07, 6.45) is 2.63. The standard InChI is InChI=1S/C21H31N3O4S/c1-2-28-20-6-4-3-5-19(20)23-12-10-22(11-13-23)15-21(25)24(17-7-8-17)18-9-14-29(26,27)16-18/h3-6,17-18H,2,7-16H2,1H3/p+1/t18-/m1/s1. The molecule has 2 heterocycles. The van der Waals surface area contributed by atoms with E-state index >= 15 is 0 Å². The summed E-state index contributed by atoms with van der Waals surface area (Å²) in [5.74, 6) is 1.41. The van der Waals surface area contributed by atoms with Crippen LogP contribution in [-0.4, -0.2) is 82.1 Å². The molecule has 160 valence electrons. The van der Waals surface area contributed by atoms with Crippen molar-refractivity contribution in [3.8, 4) is 5.75 Å². The first-order valence-corrected chi connectivity index (χ1v) is 12.6. The zero-order valence-corrected chi connectivity index (χ0v) is 18.0. The number of amides is 1. The molecule has 0 unspecified atom stereocenters. The Morgan fingerprint density at radius 2 is 1.90 bits per heavy atom. The minimum absolute atomic E-state index is 0.112. The number of ether oxygens (including phenoxy) is 1. The summed E-state index contributed by atoms with van der Waals surface area (Å²) in [5.41, 5.74) is 1.12. The molecular formula is C21H32N3O4S+. The smallest absolute Gasteiger partial charge is 0.278 e. The molecule has 0 aromatic heterocycles. The maximum Gasteiger partial charge on any atom is 0.278 e. The van der Waals surface area contributed by atoms with Crippen LogP contribution < -0.4 is 14.5 Å². The van der Waals surface area contributed by atoms with E-state index in [0.717, 1.165) is 50.5 Å². The fraction of sp³-hybridized carbons (Fsp3) is 0.667. The minimum Gasteiger partial charge on any atom is -0.492 e. The second-order valence-corrected chi connectivity index (χ2v) is 10.6. The van der Waals surface area contributed by atoms with Crippen LogP contribution in [0.3, 0.4) is 0 Å². The van der Waals surface area contributed by atoms with Crippen molar-refractivity contribution in [1.29, 1.82) is 0 Å². The molecule has 1 atom stereocenters. The summed E-state index contributed by atoms with van der Waals surface area (Å²) in [6, 6.07) is 8.27. The van der Waals surface area contributed by atoms with Gasteiger partial charge in [0.05, 0.1) is 50.0 Å². The number of benzene rings is 1. The van der Waals surface area contributed by atoms with Crippen LogP contribution in [0.15, 0.2) is 24.3 Å². The Morgan fingerprint density at radius 3 is 2.52 bits per heavy atom. The highest BCUT2D eigenvalue weighted by molar-refractivity contribution is 7.91. The molecular weight excluding hydrogens is 390 g/mol. The fourth-order valence-electron chi connectivity index (χ4n) is 4.59. The molecule has 0 radical (unpaired) electrons. The molecule has 2 aliphatic heterocycles. The molecule has 1 aliphatic carbocycles. The molecule has 3 fully saturated rings. The highest BCUT2D eigenvalue weighted by Gasteiger charge is 2.43. The van der Waals surface area contributed by atoms with E-state index in [1.54, 1.807) is 0 Å². The summed E-state index contributed by atoms with van der Waals surface area (Å²) in [4.78, 5) is 18.6. The Hall–Kier alpha value is -1.80. The second-order valence-electron chi connectivity index (χ2n) is 8.40. The largest absolute Gasteiger partial charge is 0.492 e. The van der Waals surface area contributed by atoms with Gasteiger partial charge in [0.1, 0.15) is 5.75 Å². The molecule has 1 aromatic carbocycles. The molecule has 0 bridgehead atoms. The van der Waals surface area contributed by atoms with Gasteiger partial charge in [-0.25, -0.2) is 8.42 Å². The van der Waals surface area contributed by atoms with Crippen molar-refractivity contribution in [3.63, 3.8) is 0 Å². The van der Waals surface area contributed by atoms with Crippen LogP contribution in [0.4, 0.5) is 5.69 Å². The number of para-hydroxylation sites is 2. The SMILES string of the molecule is CCOc1ccccc1N1CC[NH+](CC(=O)N(C2CC2)[C@@H]2CCS(=O)(=O)C2)CC1. The van der Waals surface area contributed by atoms with Crippen molar-refractivity contribution in [1.82, 2.24) is 4.90 Å². The van der Waals surface area contributed by atoms with Crippen LogP contribution >= 0.6 is 0 Å². The lowest BCUT2D eigenvalue weighted by Gasteiger charge is -2.35. The molecule has 1 N–H and O–H groups in total. The van der Waals surface area contributed by atoms with Gasteiger partial charge < -0.3 is 19.4 Å². The first kappa shape index (κ1) is 20.5. The van der Waals surface area contributed by atoms with Crippen LogP contribution in [0.2, 0.25) is 0 Å². The van der Waals surface area contributed by atoms with Crippen molar-refractivity contribution in [3.05, 3.63) is 24.3 Å². The molecule has 1 amide bonds.